The van der Waals surface area contributed by atoms with E-state index in [0.29, 0.717) is 12.0 Å². The molecule has 0 amide bonds. The van der Waals surface area contributed by atoms with E-state index in [4.69, 9.17) is 16.9 Å². The summed E-state index contributed by atoms with van der Waals surface area (Å²) < 4.78 is 4.58. The molecule has 0 saturated carbocycles. The van der Waals surface area contributed by atoms with E-state index in [0.717, 1.165) is 5.56 Å². The Labute approximate surface area is 93.2 Å². The third-order valence-corrected chi connectivity index (χ3v) is 2.44. The van der Waals surface area contributed by atoms with Crippen molar-refractivity contribution in [2.75, 3.05) is 7.11 Å². The molecular formula is C11H10ClNO2. The lowest BCUT2D eigenvalue weighted by Crippen LogP contribution is -2.07. The van der Waals surface area contributed by atoms with E-state index < -0.39 is 5.97 Å². The van der Waals surface area contributed by atoms with Crippen LogP contribution in [0.25, 0.3) is 0 Å². The zero-order chi connectivity index (χ0) is 11.4. The predicted octanol–water partition coefficient (Wildman–Crippen LogP) is 2.56. The zero-order valence-corrected chi connectivity index (χ0v) is 9.26. The van der Waals surface area contributed by atoms with Crippen molar-refractivity contribution in [1.82, 2.24) is 0 Å². The number of carbonyl (C=O) groups excluding carboxylic acids is 1. The molecule has 0 aliphatic heterocycles. The van der Waals surface area contributed by atoms with E-state index in [1.165, 1.54) is 7.11 Å². The highest BCUT2D eigenvalue weighted by Gasteiger charge is 2.18. The van der Waals surface area contributed by atoms with E-state index in [1.54, 1.807) is 12.1 Å². The fourth-order valence-corrected chi connectivity index (χ4v) is 1.58. The van der Waals surface area contributed by atoms with Gasteiger partial charge in [0.15, 0.2) is 0 Å². The summed E-state index contributed by atoms with van der Waals surface area (Å²) in [7, 11) is 1.26. The number of aryl methyl sites for hydroxylation is 1. The maximum absolute atomic E-state index is 11.4. The topological polar surface area (TPSA) is 50.1 Å². The summed E-state index contributed by atoms with van der Waals surface area (Å²) in [6, 6.07) is 5.33. The summed E-state index contributed by atoms with van der Waals surface area (Å²) in [6.07, 6.45) is 0.671. The van der Waals surface area contributed by atoms with Gasteiger partial charge < -0.3 is 4.74 Å². The number of methoxy groups -OCH3 is 1. The van der Waals surface area contributed by atoms with Crippen LogP contribution in [0.5, 0.6) is 0 Å². The van der Waals surface area contributed by atoms with E-state index in [1.807, 2.05) is 13.0 Å². The van der Waals surface area contributed by atoms with E-state index >= 15 is 0 Å². The molecule has 0 aliphatic rings. The molecule has 78 valence electrons. The molecule has 0 aromatic heterocycles. The first-order valence-corrected chi connectivity index (χ1v) is 4.83. The quantitative estimate of drug-likeness (QED) is 0.724. The molecule has 0 fully saturated rings. The van der Waals surface area contributed by atoms with Crippen LogP contribution in [0.2, 0.25) is 5.02 Å². The molecule has 0 N–H and O–H groups in total. The number of hydrogen-bond donors (Lipinski definition) is 0. The van der Waals surface area contributed by atoms with Crippen LogP contribution in [0, 0.1) is 11.3 Å². The van der Waals surface area contributed by atoms with Crippen LogP contribution in [-0.4, -0.2) is 13.1 Å². The van der Waals surface area contributed by atoms with Gasteiger partial charge in [-0.15, -0.1) is 0 Å². The summed E-state index contributed by atoms with van der Waals surface area (Å²) in [4.78, 5) is 11.4. The maximum atomic E-state index is 11.4. The number of nitriles is 1. The van der Waals surface area contributed by atoms with Gasteiger partial charge in [-0.2, -0.15) is 5.26 Å². The summed E-state index contributed by atoms with van der Waals surface area (Å²) in [5.74, 6) is -0.577. The maximum Gasteiger partial charge on any atom is 0.340 e. The van der Waals surface area contributed by atoms with Gasteiger partial charge in [0, 0.05) is 0 Å². The monoisotopic (exact) mass is 223 g/mol. The first-order valence-electron chi connectivity index (χ1n) is 4.45. The van der Waals surface area contributed by atoms with Crippen molar-refractivity contribution < 1.29 is 9.53 Å². The van der Waals surface area contributed by atoms with Gasteiger partial charge in [-0.25, -0.2) is 4.79 Å². The Morgan fingerprint density at radius 3 is 2.73 bits per heavy atom. The predicted molar refractivity (Wildman–Crippen MR) is 56.9 cm³/mol. The minimum absolute atomic E-state index is 0.154. The highest BCUT2D eigenvalue weighted by Crippen LogP contribution is 2.24. The average Bonchev–Trinajstić information content (AvgIpc) is 2.27. The third-order valence-electron chi connectivity index (χ3n) is 2.12. The van der Waals surface area contributed by atoms with E-state index in [-0.39, 0.29) is 10.6 Å². The minimum atomic E-state index is -0.577. The minimum Gasteiger partial charge on any atom is -0.465 e. The van der Waals surface area contributed by atoms with Gasteiger partial charge in [0.05, 0.1) is 23.3 Å². The highest BCUT2D eigenvalue weighted by atomic mass is 35.5. The Hall–Kier alpha value is -1.53. The van der Waals surface area contributed by atoms with Crippen molar-refractivity contribution in [3.8, 4) is 6.07 Å². The normalized spacial score (nSPS) is 9.47. The van der Waals surface area contributed by atoms with Crippen molar-refractivity contribution in [2.24, 2.45) is 0 Å². The third kappa shape index (κ3) is 2.11. The molecule has 0 spiro atoms. The Balaban J connectivity index is 3.47. The summed E-state index contributed by atoms with van der Waals surface area (Å²) in [5.41, 5.74) is 1.25. The van der Waals surface area contributed by atoms with Crippen LogP contribution < -0.4 is 0 Å². The van der Waals surface area contributed by atoms with Crippen LogP contribution in [0.15, 0.2) is 12.1 Å². The average molecular weight is 224 g/mol. The van der Waals surface area contributed by atoms with Crippen molar-refractivity contribution >= 4 is 17.6 Å². The highest BCUT2D eigenvalue weighted by molar-refractivity contribution is 6.33. The SMILES string of the molecule is CCc1ccc(Cl)c(C(=O)OC)c1C#N. The molecule has 3 nitrogen and oxygen atoms in total. The van der Waals surface area contributed by atoms with E-state index in [2.05, 4.69) is 4.74 Å². The standard InChI is InChI=1S/C11H10ClNO2/c1-3-7-4-5-9(12)10(8(7)6-13)11(14)15-2/h4-5H,3H2,1-2H3. The molecule has 1 rings (SSSR count). The van der Waals surface area contributed by atoms with Gasteiger partial charge in [-0.3, -0.25) is 0 Å². The number of nitrogens with zero attached hydrogens (tertiary/aromatic N) is 1. The molecule has 1 aromatic carbocycles. The fourth-order valence-electron chi connectivity index (χ4n) is 1.34. The first-order chi connectivity index (χ1) is 7.15. The molecule has 0 heterocycles. The Morgan fingerprint density at radius 1 is 1.60 bits per heavy atom. The van der Waals surface area contributed by atoms with Crippen LogP contribution in [0.3, 0.4) is 0 Å². The molecule has 4 heteroatoms. The second kappa shape index (κ2) is 4.81. The smallest absolute Gasteiger partial charge is 0.340 e. The van der Waals surface area contributed by atoms with Crippen LogP contribution in [-0.2, 0) is 11.2 Å². The van der Waals surface area contributed by atoms with Gasteiger partial charge in [-0.1, -0.05) is 24.6 Å². The van der Waals surface area contributed by atoms with Gasteiger partial charge in [-0.05, 0) is 18.1 Å². The second-order valence-electron chi connectivity index (χ2n) is 2.91. The van der Waals surface area contributed by atoms with Crippen molar-refractivity contribution in [3.63, 3.8) is 0 Å². The first kappa shape index (κ1) is 11.5. The zero-order valence-electron chi connectivity index (χ0n) is 8.50. The number of ether oxygens (including phenoxy) is 1. The largest absolute Gasteiger partial charge is 0.465 e. The summed E-state index contributed by atoms with van der Waals surface area (Å²) in [6.45, 7) is 1.91. The number of carbonyl (C=O) groups is 1. The molecule has 0 unspecified atom stereocenters. The molecular weight excluding hydrogens is 214 g/mol. The van der Waals surface area contributed by atoms with Crippen LogP contribution in [0.1, 0.15) is 28.4 Å². The number of benzene rings is 1. The Kier molecular flexibility index (Phi) is 3.70. The number of rotatable bonds is 2. The Bertz CT molecular complexity index is 435. The lowest BCUT2D eigenvalue weighted by molar-refractivity contribution is 0.0600. The number of halogens is 1. The fraction of sp³-hybridized carbons (Fsp3) is 0.273. The lowest BCUT2D eigenvalue weighted by atomic mass is 10.0. The van der Waals surface area contributed by atoms with Gasteiger partial charge in [0.1, 0.15) is 6.07 Å². The van der Waals surface area contributed by atoms with Gasteiger partial charge in [0.2, 0.25) is 0 Å². The van der Waals surface area contributed by atoms with E-state index in [9.17, 15) is 4.79 Å². The van der Waals surface area contributed by atoms with Crippen LogP contribution >= 0.6 is 11.6 Å². The summed E-state index contributed by atoms with van der Waals surface area (Å²) in [5, 5.41) is 9.23. The molecule has 0 saturated heterocycles. The molecule has 0 aliphatic carbocycles. The second-order valence-corrected chi connectivity index (χ2v) is 3.32. The summed E-state index contributed by atoms with van der Waals surface area (Å²) >= 11 is 5.86. The van der Waals surface area contributed by atoms with Crippen molar-refractivity contribution in [3.05, 3.63) is 33.8 Å². The molecule has 1 aromatic rings. The van der Waals surface area contributed by atoms with Gasteiger partial charge in [0.25, 0.3) is 0 Å². The van der Waals surface area contributed by atoms with Crippen LogP contribution in [0.4, 0.5) is 0 Å². The molecule has 0 radical (unpaired) electrons. The van der Waals surface area contributed by atoms with Gasteiger partial charge >= 0.3 is 5.97 Å². The van der Waals surface area contributed by atoms with Crippen molar-refractivity contribution in [2.45, 2.75) is 13.3 Å². The molecule has 15 heavy (non-hydrogen) atoms. The molecule has 0 bridgehead atoms. The lowest BCUT2D eigenvalue weighted by Gasteiger charge is -2.07. The van der Waals surface area contributed by atoms with Crippen molar-refractivity contribution in [1.29, 1.82) is 5.26 Å². The Morgan fingerprint density at radius 2 is 2.27 bits per heavy atom. The number of hydrogen-bond acceptors (Lipinski definition) is 3. The number of esters is 1. The molecule has 0 atom stereocenters.